The zero-order valence-corrected chi connectivity index (χ0v) is 11.9. The van der Waals surface area contributed by atoms with Crippen LogP contribution in [0.5, 0.6) is 0 Å². The van der Waals surface area contributed by atoms with Crippen LogP contribution in [0.1, 0.15) is 11.1 Å². The largest absolute Gasteiger partial charge is 0.396 e. The summed E-state index contributed by atoms with van der Waals surface area (Å²) in [5, 5.41) is 9.09. The minimum atomic E-state index is -4.00. The van der Waals surface area contributed by atoms with Crippen molar-refractivity contribution < 1.29 is 12.8 Å². The average Bonchev–Trinajstić information content (AvgIpc) is 2.41. The van der Waals surface area contributed by atoms with E-state index in [0.29, 0.717) is 5.56 Å². The van der Waals surface area contributed by atoms with Gasteiger partial charge in [0.15, 0.2) is 0 Å². The van der Waals surface area contributed by atoms with E-state index in [0.717, 1.165) is 6.07 Å². The van der Waals surface area contributed by atoms with Crippen molar-refractivity contribution >= 4 is 21.4 Å². The maximum absolute atomic E-state index is 13.4. The molecule has 0 amide bonds. The van der Waals surface area contributed by atoms with Crippen LogP contribution in [0.15, 0.2) is 41.3 Å². The lowest BCUT2D eigenvalue weighted by Gasteiger charge is -2.11. The summed E-state index contributed by atoms with van der Waals surface area (Å²) >= 11 is 0. The Labute approximate surface area is 121 Å². The van der Waals surface area contributed by atoms with Crippen molar-refractivity contribution in [3.8, 4) is 6.07 Å². The van der Waals surface area contributed by atoms with E-state index < -0.39 is 15.8 Å². The summed E-state index contributed by atoms with van der Waals surface area (Å²) in [6, 6.07) is 9.92. The Kier molecular flexibility index (Phi) is 3.82. The number of nitrogens with one attached hydrogen (secondary N) is 1. The zero-order chi connectivity index (χ0) is 15.6. The predicted octanol–water partition coefficient (Wildman–Crippen LogP) is 2.39. The van der Waals surface area contributed by atoms with Crippen LogP contribution >= 0.6 is 0 Å². The predicted molar refractivity (Wildman–Crippen MR) is 77.5 cm³/mol. The van der Waals surface area contributed by atoms with Gasteiger partial charge in [-0.05, 0) is 36.8 Å². The Morgan fingerprint density at radius 2 is 2.00 bits per heavy atom. The fourth-order valence-corrected chi connectivity index (χ4v) is 2.86. The molecule has 0 aliphatic rings. The number of rotatable bonds is 3. The zero-order valence-electron chi connectivity index (χ0n) is 11.1. The van der Waals surface area contributed by atoms with Gasteiger partial charge in [-0.2, -0.15) is 5.26 Å². The van der Waals surface area contributed by atoms with Crippen molar-refractivity contribution in [1.29, 1.82) is 5.26 Å². The lowest BCUT2D eigenvalue weighted by atomic mass is 10.1. The molecule has 0 saturated heterocycles. The van der Waals surface area contributed by atoms with Gasteiger partial charge in [-0.15, -0.1) is 0 Å². The Bertz CT molecular complexity index is 842. The third-order valence-electron chi connectivity index (χ3n) is 2.91. The van der Waals surface area contributed by atoms with Gasteiger partial charge in [0.2, 0.25) is 0 Å². The van der Waals surface area contributed by atoms with Crippen LogP contribution in [0.2, 0.25) is 0 Å². The van der Waals surface area contributed by atoms with Crippen LogP contribution in [-0.2, 0) is 10.0 Å². The van der Waals surface area contributed by atoms with E-state index in [-0.39, 0.29) is 21.8 Å². The molecule has 7 heteroatoms. The van der Waals surface area contributed by atoms with Gasteiger partial charge in [0.25, 0.3) is 10.0 Å². The van der Waals surface area contributed by atoms with Gasteiger partial charge < -0.3 is 5.73 Å². The second-order valence-corrected chi connectivity index (χ2v) is 6.08. The van der Waals surface area contributed by atoms with E-state index in [9.17, 15) is 12.8 Å². The summed E-state index contributed by atoms with van der Waals surface area (Å²) < 4.78 is 40.1. The number of halogens is 1. The first-order valence-electron chi connectivity index (χ1n) is 5.92. The molecule has 0 aliphatic heterocycles. The van der Waals surface area contributed by atoms with Gasteiger partial charge >= 0.3 is 0 Å². The van der Waals surface area contributed by atoms with Gasteiger partial charge in [0.05, 0.1) is 21.8 Å². The molecule has 0 heterocycles. The molecule has 2 rings (SSSR count). The number of aryl methyl sites for hydroxylation is 1. The molecule has 2 aromatic carbocycles. The Hall–Kier alpha value is -2.59. The van der Waals surface area contributed by atoms with Crippen molar-refractivity contribution in [2.45, 2.75) is 11.8 Å². The lowest BCUT2D eigenvalue weighted by Crippen LogP contribution is -2.14. The number of anilines is 2. The maximum atomic E-state index is 13.4. The summed E-state index contributed by atoms with van der Waals surface area (Å²) in [6.45, 7) is 1.69. The van der Waals surface area contributed by atoms with E-state index >= 15 is 0 Å². The summed E-state index contributed by atoms with van der Waals surface area (Å²) in [6.07, 6.45) is 0. The van der Waals surface area contributed by atoms with Crippen molar-refractivity contribution in [3.05, 3.63) is 53.3 Å². The maximum Gasteiger partial charge on any atom is 0.262 e. The summed E-state index contributed by atoms with van der Waals surface area (Å²) in [5.74, 6) is -0.817. The van der Waals surface area contributed by atoms with Crippen molar-refractivity contribution in [3.63, 3.8) is 0 Å². The molecule has 0 bridgehead atoms. The summed E-state index contributed by atoms with van der Waals surface area (Å²) in [5.41, 5.74) is 6.19. The number of sulfonamides is 1. The molecule has 2 aromatic rings. The molecule has 0 aliphatic carbocycles. The minimum Gasteiger partial charge on any atom is -0.396 e. The fraction of sp³-hybridized carbons (Fsp3) is 0.0714. The van der Waals surface area contributed by atoms with Gasteiger partial charge in [-0.25, -0.2) is 12.8 Å². The van der Waals surface area contributed by atoms with E-state index in [4.69, 9.17) is 11.0 Å². The molecule has 3 N–H and O–H groups in total. The molecule has 108 valence electrons. The highest BCUT2D eigenvalue weighted by atomic mass is 32.2. The first-order chi connectivity index (χ1) is 9.85. The third-order valence-corrected chi connectivity index (χ3v) is 4.27. The number of benzene rings is 2. The molecule has 0 aromatic heterocycles. The Morgan fingerprint density at radius 1 is 1.29 bits per heavy atom. The standard InChI is InChI=1S/C14H12FN3O2S/c1-9-3-2-4-14(11(9)8-16)18-21(19,20)10-5-6-13(17)12(15)7-10/h2-7,18H,17H2,1H3. The monoisotopic (exact) mass is 305 g/mol. The molecular formula is C14H12FN3O2S. The van der Waals surface area contributed by atoms with Crippen LogP contribution in [0.25, 0.3) is 0 Å². The molecule has 0 spiro atoms. The van der Waals surface area contributed by atoms with Crippen LogP contribution in [0.4, 0.5) is 15.8 Å². The number of nitriles is 1. The van der Waals surface area contributed by atoms with Crippen molar-refractivity contribution in [1.82, 2.24) is 0 Å². The average molecular weight is 305 g/mol. The number of hydrogen-bond acceptors (Lipinski definition) is 4. The first kappa shape index (κ1) is 14.8. The molecule has 0 radical (unpaired) electrons. The highest BCUT2D eigenvalue weighted by molar-refractivity contribution is 7.92. The molecule has 0 fully saturated rings. The molecular weight excluding hydrogens is 293 g/mol. The second kappa shape index (κ2) is 5.42. The number of nitrogen functional groups attached to an aromatic ring is 1. The highest BCUT2D eigenvalue weighted by Gasteiger charge is 2.18. The van der Waals surface area contributed by atoms with Crippen LogP contribution < -0.4 is 10.5 Å². The minimum absolute atomic E-state index is 0.137. The van der Waals surface area contributed by atoms with E-state index in [1.54, 1.807) is 19.1 Å². The normalized spacial score (nSPS) is 10.9. The fourth-order valence-electron chi connectivity index (χ4n) is 1.78. The number of nitrogens with zero attached hydrogens (tertiary/aromatic N) is 1. The SMILES string of the molecule is Cc1cccc(NS(=O)(=O)c2ccc(N)c(F)c2)c1C#N. The van der Waals surface area contributed by atoms with Crippen molar-refractivity contribution in [2.75, 3.05) is 10.5 Å². The molecule has 21 heavy (non-hydrogen) atoms. The molecule has 5 nitrogen and oxygen atoms in total. The summed E-state index contributed by atoms with van der Waals surface area (Å²) in [7, 11) is -4.00. The lowest BCUT2D eigenvalue weighted by molar-refractivity contribution is 0.596. The van der Waals surface area contributed by atoms with Gasteiger partial charge in [0, 0.05) is 0 Å². The highest BCUT2D eigenvalue weighted by Crippen LogP contribution is 2.23. The van der Waals surface area contributed by atoms with Gasteiger partial charge in [-0.3, -0.25) is 4.72 Å². The van der Waals surface area contributed by atoms with Crippen LogP contribution in [0, 0.1) is 24.1 Å². The molecule has 0 atom stereocenters. The Morgan fingerprint density at radius 3 is 2.62 bits per heavy atom. The van der Waals surface area contributed by atoms with Gasteiger partial charge in [-0.1, -0.05) is 12.1 Å². The second-order valence-electron chi connectivity index (χ2n) is 4.40. The van der Waals surface area contributed by atoms with E-state index in [1.165, 1.54) is 18.2 Å². The van der Waals surface area contributed by atoms with Crippen LogP contribution in [-0.4, -0.2) is 8.42 Å². The topological polar surface area (TPSA) is 96.0 Å². The number of nitrogens with two attached hydrogens (primary N) is 1. The van der Waals surface area contributed by atoms with Gasteiger partial charge in [0.1, 0.15) is 11.9 Å². The molecule has 0 saturated carbocycles. The Balaban J connectivity index is 2.45. The smallest absolute Gasteiger partial charge is 0.262 e. The van der Waals surface area contributed by atoms with Crippen LogP contribution in [0.3, 0.4) is 0 Å². The summed E-state index contributed by atoms with van der Waals surface area (Å²) in [4.78, 5) is -0.264. The quantitative estimate of drug-likeness (QED) is 0.851. The molecule has 0 unspecified atom stereocenters. The third kappa shape index (κ3) is 2.95. The van der Waals surface area contributed by atoms with E-state index in [2.05, 4.69) is 4.72 Å². The number of hydrogen-bond donors (Lipinski definition) is 2. The first-order valence-corrected chi connectivity index (χ1v) is 7.41. The van der Waals surface area contributed by atoms with Crippen molar-refractivity contribution in [2.24, 2.45) is 0 Å². The van der Waals surface area contributed by atoms with E-state index in [1.807, 2.05) is 6.07 Å².